The van der Waals surface area contributed by atoms with Crippen molar-refractivity contribution < 1.29 is 23.4 Å². The molecular weight excluding hydrogens is 413 g/mol. The number of carbonyl (C=O) groups is 2. The van der Waals surface area contributed by atoms with Crippen molar-refractivity contribution in [2.75, 3.05) is 12.8 Å². The third kappa shape index (κ3) is 8.31. The van der Waals surface area contributed by atoms with Gasteiger partial charge in [0.05, 0.1) is 13.0 Å². The molecule has 0 aliphatic rings. The van der Waals surface area contributed by atoms with Crippen molar-refractivity contribution in [2.45, 2.75) is 51.9 Å². The monoisotopic (exact) mass is 445 g/mol. The third-order valence-electron chi connectivity index (χ3n) is 4.48. The lowest BCUT2D eigenvalue weighted by Gasteiger charge is -2.29. The summed E-state index contributed by atoms with van der Waals surface area (Å²) in [5.74, 6) is -1.55. The van der Waals surface area contributed by atoms with E-state index < -0.39 is 24.7 Å². The summed E-state index contributed by atoms with van der Waals surface area (Å²) in [5, 5.41) is 2.90. The Kier molecular flexibility index (Phi) is 9.02. The normalized spacial score (nSPS) is 14.3. The maximum Gasteiger partial charge on any atom is 0.306 e. The van der Waals surface area contributed by atoms with Crippen molar-refractivity contribution >= 4 is 19.2 Å². The lowest BCUT2D eigenvalue weighted by atomic mass is 10.1. The van der Waals surface area contributed by atoms with E-state index in [9.17, 15) is 14.2 Å². The lowest BCUT2D eigenvalue weighted by Crippen LogP contribution is -2.38. The van der Waals surface area contributed by atoms with Gasteiger partial charge in [-0.15, -0.1) is 0 Å². The molecule has 1 amide bonds. The number of rotatable bonds is 10. The van der Waals surface area contributed by atoms with E-state index in [0.29, 0.717) is 12.0 Å². The summed E-state index contributed by atoms with van der Waals surface area (Å²) in [5.41, 5.74) is 0.756. The fraction of sp³-hybridized carbons (Fsp3) is 0.417. The number of nitrogens with one attached hydrogen (secondary N) is 1. The summed E-state index contributed by atoms with van der Waals surface area (Å²) < 4.78 is 25.0. The van der Waals surface area contributed by atoms with E-state index in [0.717, 1.165) is 5.56 Å². The number of hydrogen-bond acceptors (Lipinski definition) is 5. The second kappa shape index (κ2) is 11.3. The van der Waals surface area contributed by atoms with Gasteiger partial charge in [-0.05, 0) is 45.4 Å². The molecule has 0 radical (unpaired) electrons. The highest BCUT2D eigenvalue weighted by Crippen LogP contribution is 2.52. The Labute approximate surface area is 184 Å². The van der Waals surface area contributed by atoms with Gasteiger partial charge in [0.2, 0.25) is 7.37 Å². The van der Waals surface area contributed by atoms with Crippen LogP contribution in [-0.2, 0) is 25.0 Å². The molecule has 7 heteroatoms. The van der Waals surface area contributed by atoms with E-state index in [4.69, 9.17) is 9.26 Å². The predicted octanol–water partition coefficient (Wildman–Crippen LogP) is 5.03. The van der Waals surface area contributed by atoms with Crippen LogP contribution in [0.25, 0.3) is 0 Å². The Morgan fingerprint density at radius 1 is 1.00 bits per heavy atom. The van der Waals surface area contributed by atoms with Crippen molar-refractivity contribution in [1.82, 2.24) is 5.32 Å². The van der Waals surface area contributed by atoms with Crippen molar-refractivity contribution in [3.8, 4) is 0 Å². The summed E-state index contributed by atoms with van der Waals surface area (Å²) in [6.45, 7) is 7.30. The first-order valence-corrected chi connectivity index (χ1v) is 12.4. The second-order valence-corrected chi connectivity index (χ2v) is 11.0. The summed E-state index contributed by atoms with van der Waals surface area (Å²) >= 11 is 0. The molecule has 6 nitrogen and oxygen atoms in total. The molecule has 0 saturated heterocycles. The van der Waals surface area contributed by atoms with Crippen LogP contribution in [0.5, 0.6) is 0 Å². The quantitative estimate of drug-likeness (QED) is 0.410. The summed E-state index contributed by atoms with van der Waals surface area (Å²) in [6, 6.07) is 18.2. The maximum absolute atomic E-state index is 13.9. The Morgan fingerprint density at radius 3 is 2.13 bits per heavy atom. The van der Waals surface area contributed by atoms with Gasteiger partial charge in [0, 0.05) is 18.1 Å². The zero-order valence-corrected chi connectivity index (χ0v) is 19.6. The van der Waals surface area contributed by atoms with Gasteiger partial charge in [-0.2, -0.15) is 0 Å². The molecular formula is C24H32NO5P. The third-order valence-corrected chi connectivity index (χ3v) is 7.28. The molecule has 0 aliphatic carbocycles. The first-order valence-electron chi connectivity index (χ1n) is 10.5. The molecule has 0 aliphatic heterocycles. The van der Waals surface area contributed by atoms with Gasteiger partial charge in [0.1, 0.15) is 11.4 Å². The zero-order chi connectivity index (χ0) is 22.9. The SMILES string of the molecule is CCOP(=O)(CCC(=O)OC(C)(C)C)[C@H](Cc1ccccc1)NC(=O)c1ccccc1. The minimum Gasteiger partial charge on any atom is -0.460 e. The molecule has 1 N–H and O–H groups in total. The molecule has 31 heavy (non-hydrogen) atoms. The minimum atomic E-state index is -3.42. The van der Waals surface area contributed by atoms with Gasteiger partial charge in [-0.3, -0.25) is 14.2 Å². The Bertz CT molecular complexity index is 893. The smallest absolute Gasteiger partial charge is 0.306 e. The zero-order valence-electron chi connectivity index (χ0n) is 18.7. The van der Waals surface area contributed by atoms with Gasteiger partial charge in [0.15, 0.2) is 0 Å². The average Bonchev–Trinajstić information content (AvgIpc) is 2.72. The lowest BCUT2D eigenvalue weighted by molar-refractivity contribution is -0.154. The van der Waals surface area contributed by atoms with Gasteiger partial charge in [-0.25, -0.2) is 0 Å². The number of ether oxygens (including phenoxy) is 1. The minimum absolute atomic E-state index is 0.0116. The van der Waals surface area contributed by atoms with E-state index in [2.05, 4.69) is 5.32 Å². The molecule has 2 atom stereocenters. The molecule has 168 valence electrons. The predicted molar refractivity (Wildman–Crippen MR) is 122 cm³/mol. The molecule has 0 spiro atoms. The van der Waals surface area contributed by atoms with Crippen LogP contribution in [0.3, 0.4) is 0 Å². The van der Waals surface area contributed by atoms with Crippen LogP contribution in [0.1, 0.15) is 50.0 Å². The molecule has 1 unspecified atom stereocenters. The molecule has 2 aromatic carbocycles. The molecule has 0 heterocycles. The van der Waals surface area contributed by atoms with Crippen LogP contribution in [0.4, 0.5) is 0 Å². The highest BCUT2D eigenvalue weighted by Gasteiger charge is 2.36. The van der Waals surface area contributed by atoms with Crippen molar-refractivity contribution in [1.29, 1.82) is 0 Å². The number of amides is 1. The standard InChI is InChI=1S/C24H32NO5P/c1-5-29-31(28,17-16-22(26)30-24(2,3)4)21(18-19-12-8-6-9-13-19)25-23(27)20-14-10-7-11-15-20/h6-15,21H,5,16-18H2,1-4H3,(H,25,27)/t21-,31?/m1/s1. The highest BCUT2D eigenvalue weighted by molar-refractivity contribution is 7.59. The molecule has 0 fully saturated rings. The fourth-order valence-corrected chi connectivity index (χ4v) is 5.47. The van der Waals surface area contributed by atoms with Crippen molar-refractivity contribution in [3.63, 3.8) is 0 Å². The Balaban J connectivity index is 2.26. The van der Waals surface area contributed by atoms with Crippen LogP contribution >= 0.6 is 7.37 Å². The number of hydrogen-bond donors (Lipinski definition) is 1. The van der Waals surface area contributed by atoms with Crippen molar-refractivity contribution in [3.05, 3.63) is 71.8 Å². The highest BCUT2D eigenvalue weighted by atomic mass is 31.2. The molecule has 0 bridgehead atoms. The van der Waals surface area contributed by atoms with Gasteiger partial charge in [0.25, 0.3) is 5.91 Å². The largest absolute Gasteiger partial charge is 0.460 e. The molecule has 0 saturated carbocycles. The molecule has 0 aromatic heterocycles. The fourth-order valence-electron chi connectivity index (χ4n) is 3.12. The second-order valence-electron chi connectivity index (χ2n) is 8.25. The first kappa shape index (κ1) is 24.8. The van der Waals surface area contributed by atoms with Gasteiger partial charge < -0.3 is 14.6 Å². The Hall–Kier alpha value is -2.43. The summed E-state index contributed by atoms with van der Waals surface area (Å²) in [4.78, 5) is 25.1. The summed E-state index contributed by atoms with van der Waals surface area (Å²) in [6.07, 6.45) is 0.258. The van der Waals surface area contributed by atoms with Crippen molar-refractivity contribution in [2.24, 2.45) is 0 Å². The number of benzene rings is 2. The van der Waals surface area contributed by atoms with E-state index in [1.54, 1.807) is 52.0 Å². The Morgan fingerprint density at radius 2 is 1.58 bits per heavy atom. The van der Waals surface area contributed by atoms with E-state index in [1.165, 1.54) is 0 Å². The first-order chi connectivity index (χ1) is 14.6. The topological polar surface area (TPSA) is 81.7 Å². The number of carbonyl (C=O) groups excluding carboxylic acids is 2. The average molecular weight is 445 g/mol. The summed E-state index contributed by atoms with van der Waals surface area (Å²) in [7, 11) is -3.42. The van der Waals surface area contributed by atoms with E-state index in [-0.39, 0.29) is 25.1 Å². The van der Waals surface area contributed by atoms with Gasteiger partial charge in [-0.1, -0.05) is 48.5 Å². The van der Waals surface area contributed by atoms with Crippen LogP contribution in [0, 0.1) is 0 Å². The van der Waals surface area contributed by atoms with Crippen LogP contribution < -0.4 is 5.32 Å². The van der Waals surface area contributed by atoms with E-state index in [1.807, 2.05) is 36.4 Å². The van der Waals surface area contributed by atoms with Crippen LogP contribution in [0.2, 0.25) is 0 Å². The van der Waals surface area contributed by atoms with Crippen LogP contribution in [0.15, 0.2) is 60.7 Å². The van der Waals surface area contributed by atoms with Gasteiger partial charge >= 0.3 is 5.97 Å². The van der Waals surface area contributed by atoms with E-state index >= 15 is 0 Å². The molecule has 2 aromatic rings. The maximum atomic E-state index is 13.9. The molecule has 2 rings (SSSR count). The van der Waals surface area contributed by atoms with Crippen LogP contribution in [-0.4, -0.2) is 36.0 Å². The number of esters is 1.